The molecule has 1 saturated heterocycles. The van der Waals surface area contributed by atoms with E-state index in [1.807, 2.05) is 30.3 Å². The molecule has 1 aliphatic heterocycles. The minimum absolute atomic E-state index is 0.0770. The van der Waals surface area contributed by atoms with Crippen molar-refractivity contribution in [1.82, 2.24) is 9.80 Å². The summed E-state index contributed by atoms with van der Waals surface area (Å²) in [6, 6.07) is 9.93. The number of rotatable bonds is 5. The van der Waals surface area contributed by atoms with Gasteiger partial charge in [-0.25, -0.2) is 4.79 Å². The lowest BCUT2D eigenvalue weighted by Crippen LogP contribution is -2.45. The SMILES string of the molecule is O=C1CN(C2CCCC2)C(=O)N1C(CS)Cc1ccccc1. The van der Waals surface area contributed by atoms with E-state index in [4.69, 9.17) is 0 Å². The number of benzene rings is 1. The molecule has 1 saturated carbocycles. The number of hydrogen-bond donors (Lipinski definition) is 1. The van der Waals surface area contributed by atoms with Gasteiger partial charge in [-0.1, -0.05) is 43.2 Å². The predicted octanol–water partition coefficient (Wildman–Crippen LogP) is 2.73. The fourth-order valence-electron chi connectivity index (χ4n) is 3.52. The molecule has 1 unspecified atom stereocenters. The van der Waals surface area contributed by atoms with E-state index in [1.54, 1.807) is 4.90 Å². The molecule has 0 N–H and O–H groups in total. The van der Waals surface area contributed by atoms with E-state index in [9.17, 15) is 9.59 Å². The molecule has 5 heteroatoms. The summed E-state index contributed by atoms with van der Waals surface area (Å²) in [5.74, 6) is 0.414. The lowest BCUT2D eigenvalue weighted by Gasteiger charge is -2.27. The summed E-state index contributed by atoms with van der Waals surface area (Å²) >= 11 is 4.38. The van der Waals surface area contributed by atoms with Crippen LogP contribution in [0.4, 0.5) is 4.79 Å². The second-order valence-corrected chi connectivity index (χ2v) is 6.50. The summed E-state index contributed by atoms with van der Waals surface area (Å²) < 4.78 is 0. The molecule has 1 aliphatic carbocycles. The smallest absolute Gasteiger partial charge is 0.312 e. The molecule has 2 fully saturated rings. The zero-order valence-corrected chi connectivity index (χ0v) is 13.5. The summed E-state index contributed by atoms with van der Waals surface area (Å²) in [6.45, 7) is 0.239. The quantitative estimate of drug-likeness (QED) is 0.670. The van der Waals surface area contributed by atoms with Crippen LogP contribution in [-0.4, -0.2) is 46.1 Å². The van der Waals surface area contributed by atoms with E-state index in [2.05, 4.69) is 12.6 Å². The Kier molecular flexibility index (Phi) is 4.71. The Morgan fingerprint density at radius 3 is 2.45 bits per heavy atom. The van der Waals surface area contributed by atoms with Crippen LogP contribution in [0.25, 0.3) is 0 Å². The van der Waals surface area contributed by atoms with Gasteiger partial charge in [0, 0.05) is 11.8 Å². The lowest BCUT2D eigenvalue weighted by molar-refractivity contribution is -0.126. The second kappa shape index (κ2) is 6.73. The molecule has 3 amide bonds. The summed E-state index contributed by atoms with van der Waals surface area (Å²) in [4.78, 5) is 28.3. The van der Waals surface area contributed by atoms with Gasteiger partial charge < -0.3 is 4.90 Å². The van der Waals surface area contributed by atoms with Gasteiger partial charge in [-0.3, -0.25) is 9.69 Å². The number of nitrogens with zero attached hydrogens (tertiary/aromatic N) is 2. The average molecular weight is 318 g/mol. The first-order valence-corrected chi connectivity index (χ1v) is 8.61. The van der Waals surface area contributed by atoms with Crippen LogP contribution in [-0.2, 0) is 11.2 Å². The Bertz CT molecular complexity index is 543. The van der Waals surface area contributed by atoms with Gasteiger partial charge >= 0.3 is 6.03 Å². The maximum absolute atomic E-state index is 12.7. The Balaban J connectivity index is 1.74. The molecule has 0 radical (unpaired) electrons. The highest BCUT2D eigenvalue weighted by atomic mass is 32.1. The van der Waals surface area contributed by atoms with Crippen molar-refractivity contribution in [3.05, 3.63) is 35.9 Å². The van der Waals surface area contributed by atoms with E-state index in [0.29, 0.717) is 12.2 Å². The highest BCUT2D eigenvalue weighted by Gasteiger charge is 2.43. The summed E-state index contributed by atoms with van der Waals surface area (Å²) in [5, 5.41) is 0. The summed E-state index contributed by atoms with van der Waals surface area (Å²) in [5.41, 5.74) is 1.13. The van der Waals surface area contributed by atoms with Crippen molar-refractivity contribution in [3.63, 3.8) is 0 Å². The van der Waals surface area contributed by atoms with E-state index in [1.165, 1.54) is 4.90 Å². The van der Waals surface area contributed by atoms with Crippen molar-refractivity contribution in [2.75, 3.05) is 12.3 Å². The van der Waals surface area contributed by atoms with Crippen molar-refractivity contribution >= 4 is 24.6 Å². The van der Waals surface area contributed by atoms with E-state index in [0.717, 1.165) is 31.2 Å². The number of hydrogen-bond acceptors (Lipinski definition) is 3. The van der Waals surface area contributed by atoms with E-state index >= 15 is 0 Å². The minimum atomic E-state index is -0.169. The zero-order chi connectivity index (χ0) is 15.5. The van der Waals surface area contributed by atoms with Crippen molar-refractivity contribution in [2.45, 2.75) is 44.2 Å². The van der Waals surface area contributed by atoms with Crippen LogP contribution in [0.1, 0.15) is 31.2 Å². The first-order valence-electron chi connectivity index (χ1n) is 7.98. The molecule has 0 aromatic heterocycles. The van der Waals surface area contributed by atoms with Crippen molar-refractivity contribution in [3.8, 4) is 0 Å². The van der Waals surface area contributed by atoms with Crippen LogP contribution >= 0.6 is 12.6 Å². The third-order valence-electron chi connectivity index (χ3n) is 4.68. The molecule has 22 heavy (non-hydrogen) atoms. The molecule has 1 aromatic rings. The number of amides is 3. The largest absolute Gasteiger partial charge is 0.327 e. The number of thiol groups is 1. The van der Waals surface area contributed by atoms with Gasteiger partial charge in [0.2, 0.25) is 0 Å². The Labute approximate surface area is 136 Å². The molecule has 118 valence electrons. The van der Waals surface area contributed by atoms with Gasteiger partial charge in [-0.05, 0) is 24.8 Å². The standard InChI is InChI=1S/C17H22N2O2S/c20-16-11-18(14-8-4-5-9-14)17(21)19(16)15(12-22)10-13-6-2-1-3-7-13/h1-3,6-7,14-15,22H,4-5,8-12H2. The highest BCUT2D eigenvalue weighted by molar-refractivity contribution is 7.80. The maximum atomic E-state index is 12.7. The van der Waals surface area contributed by atoms with Crippen molar-refractivity contribution in [2.24, 2.45) is 0 Å². The van der Waals surface area contributed by atoms with Crippen LogP contribution in [0, 0.1) is 0 Å². The van der Waals surface area contributed by atoms with Gasteiger partial charge in [0.05, 0.1) is 6.04 Å². The topological polar surface area (TPSA) is 40.6 Å². The van der Waals surface area contributed by atoms with E-state index in [-0.39, 0.29) is 30.6 Å². The molecule has 2 aliphatic rings. The molecule has 3 rings (SSSR count). The normalized spacial score (nSPS) is 21.0. The molecular formula is C17H22N2O2S. The maximum Gasteiger partial charge on any atom is 0.327 e. The van der Waals surface area contributed by atoms with Gasteiger partial charge in [0.15, 0.2) is 0 Å². The molecule has 4 nitrogen and oxygen atoms in total. The van der Waals surface area contributed by atoms with Gasteiger partial charge in [0.25, 0.3) is 5.91 Å². The third-order valence-corrected chi connectivity index (χ3v) is 5.10. The number of urea groups is 1. The molecule has 1 heterocycles. The zero-order valence-electron chi connectivity index (χ0n) is 12.6. The Hall–Kier alpha value is -1.49. The van der Waals surface area contributed by atoms with Gasteiger partial charge in [-0.2, -0.15) is 12.6 Å². The first-order chi connectivity index (χ1) is 10.7. The van der Waals surface area contributed by atoms with E-state index < -0.39 is 0 Å². The van der Waals surface area contributed by atoms with Crippen LogP contribution < -0.4 is 0 Å². The van der Waals surface area contributed by atoms with Crippen molar-refractivity contribution < 1.29 is 9.59 Å². The third kappa shape index (κ3) is 3.00. The second-order valence-electron chi connectivity index (χ2n) is 6.14. The van der Waals surface area contributed by atoms with Crippen LogP contribution in [0.5, 0.6) is 0 Å². The molecule has 1 atom stereocenters. The lowest BCUT2D eigenvalue weighted by atomic mass is 10.1. The summed E-state index contributed by atoms with van der Waals surface area (Å²) in [7, 11) is 0. The number of imide groups is 1. The minimum Gasteiger partial charge on any atom is -0.312 e. The van der Waals surface area contributed by atoms with Crippen molar-refractivity contribution in [1.29, 1.82) is 0 Å². The monoisotopic (exact) mass is 318 g/mol. The predicted molar refractivity (Wildman–Crippen MR) is 89.0 cm³/mol. The number of carbonyl (C=O) groups excluding carboxylic acids is 2. The van der Waals surface area contributed by atoms with Crippen LogP contribution in [0.2, 0.25) is 0 Å². The highest BCUT2D eigenvalue weighted by Crippen LogP contribution is 2.28. The first kappa shape index (κ1) is 15.4. The van der Waals surface area contributed by atoms with Crippen LogP contribution in [0.3, 0.4) is 0 Å². The van der Waals surface area contributed by atoms with Gasteiger partial charge in [-0.15, -0.1) is 0 Å². The average Bonchev–Trinajstić information content (AvgIpc) is 3.15. The Morgan fingerprint density at radius 2 is 1.82 bits per heavy atom. The molecular weight excluding hydrogens is 296 g/mol. The van der Waals surface area contributed by atoms with Gasteiger partial charge in [0.1, 0.15) is 6.54 Å². The fourth-order valence-corrected chi connectivity index (χ4v) is 3.81. The van der Waals surface area contributed by atoms with Crippen LogP contribution in [0.15, 0.2) is 30.3 Å². The fraction of sp³-hybridized carbons (Fsp3) is 0.529. The molecule has 1 aromatic carbocycles. The molecule has 0 spiro atoms. The summed E-state index contributed by atoms with van der Waals surface area (Å²) in [6.07, 6.45) is 5.03. The number of carbonyl (C=O) groups is 2. The molecule has 0 bridgehead atoms. The Morgan fingerprint density at radius 1 is 1.14 bits per heavy atom.